The molecule has 0 aliphatic heterocycles. The number of halogens is 5. The van der Waals surface area contributed by atoms with E-state index in [0.717, 1.165) is 0 Å². The van der Waals surface area contributed by atoms with Crippen LogP contribution in [0.3, 0.4) is 0 Å². The fourth-order valence-corrected chi connectivity index (χ4v) is 3.24. The van der Waals surface area contributed by atoms with Gasteiger partial charge < -0.3 is 5.11 Å². The summed E-state index contributed by atoms with van der Waals surface area (Å²) >= 11 is 3.16. The standard InChI is InChI=1S/C15H17BrF4O/c16-12-6-3-10(13(17)8-12)7-14(21)9-1-4-11(5-2-9)15(18,19)20/h3,6,8-9,11,14,21H,1-2,4-5,7H2. The van der Waals surface area contributed by atoms with Crippen molar-refractivity contribution in [2.75, 3.05) is 0 Å². The summed E-state index contributed by atoms with van der Waals surface area (Å²) in [6.07, 6.45) is -4.03. The van der Waals surface area contributed by atoms with Gasteiger partial charge in [-0.3, -0.25) is 0 Å². The smallest absolute Gasteiger partial charge is 0.391 e. The fourth-order valence-electron chi connectivity index (χ4n) is 2.91. The molecule has 0 radical (unpaired) electrons. The van der Waals surface area contributed by atoms with E-state index in [1.165, 1.54) is 6.07 Å². The van der Waals surface area contributed by atoms with Crippen LogP contribution in [0, 0.1) is 17.7 Å². The lowest BCUT2D eigenvalue weighted by molar-refractivity contribution is -0.185. The van der Waals surface area contributed by atoms with E-state index < -0.39 is 24.0 Å². The molecule has 1 unspecified atom stereocenters. The van der Waals surface area contributed by atoms with E-state index in [-0.39, 0.29) is 25.2 Å². The highest BCUT2D eigenvalue weighted by Gasteiger charge is 2.42. The third kappa shape index (κ3) is 4.42. The molecule has 0 saturated heterocycles. The van der Waals surface area contributed by atoms with Crippen LogP contribution in [0.15, 0.2) is 22.7 Å². The topological polar surface area (TPSA) is 20.2 Å². The first-order valence-corrected chi connectivity index (χ1v) is 7.75. The van der Waals surface area contributed by atoms with Gasteiger partial charge in [0.05, 0.1) is 12.0 Å². The largest absolute Gasteiger partial charge is 0.392 e. The molecule has 1 nitrogen and oxygen atoms in total. The Morgan fingerprint density at radius 1 is 1.19 bits per heavy atom. The Bertz CT molecular complexity index is 481. The van der Waals surface area contributed by atoms with Gasteiger partial charge in [0.1, 0.15) is 5.82 Å². The number of aliphatic hydroxyl groups is 1. The van der Waals surface area contributed by atoms with Gasteiger partial charge in [-0.25, -0.2) is 4.39 Å². The van der Waals surface area contributed by atoms with E-state index in [1.807, 2.05) is 0 Å². The highest BCUT2D eigenvalue weighted by molar-refractivity contribution is 9.10. The third-order valence-electron chi connectivity index (χ3n) is 4.22. The van der Waals surface area contributed by atoms with E-state index >= 15 is 0 Å². The van der Waals surface area contributed by atoms with Crippen molar-refractivity contribution in [3.63, 3.8) is 0 Å². The lowest BCUT2D eigenvalue weighted by atomic mass is 9.78. The Morgan fingerprint density at radius 3 is 2.33 bits per heavy atom. The molecule has 0 heterocycles. The van der Waals surface area contributed by atoms with Crippen LogP contribution in [0.4, 0.5) is 17.6 Å². The second kappa shape index (κ2) is 6.65. The summed E-state index contributed by atoms with van der Waals surface area (Å²) in [5.74, 6) is -1.86. The number of aliphatic hydroxyl groups excluding tert-OH is 1. The SMILES string of the molecule is OC(Cc1ccc(Br)cc1F)C1CCC(C(F)(F)F)CC1. The van der Waals surface area contributed by atoms with Crippen LogP contribution in [0.25, 0.3) is 0 Å². The minimum absolute atomic E-state index is 0.0496. The maximum absolute atomic E-state index is 13.7. The summed E-state index contributed by atoms with van der Waals surface area (Å²) in [5.41, 5.74) is 0.392. The van der Waals surface area contributed by atoms with E-state index in [9.17, 15) is 22.7 Å². The Morgan fingerprint density at radius 2 is 1.81 bits per heavy atom. The predicted molar refractivity (Wildman–Crippen MR) is 75.3 cm³/mol. The second-order valence-electron chi connectivity index (χ2n) is 5.66. The maximum atomic E-state index is 13.7. The first-order valence-electron chi connectivity index (χ1n) is 6.96. The number of rotatable bonds is 3. The quantitative estimate of drug-likeness (QED) is 0.755. The van der Waals surface area contributed by atoms with Gasteiger partial charge in [-0.05, 0) is 49.3 Å². The number of hydrogen-bond acceptors (Lipinski definition) is 1. The third-order valence-corrected chi connectivity index (χ3v) is 4.72. The van der Waals surface area contributed by atoms with Crippen molar-refractivity contribution in [2.45, 2.75) is 44.4 Å². The fraction of sp³-hybridized carbons (Fsp3) is 0.600. The first kappa shape index (κ1) is 16.7. The Kier molecular flexibility index (Phi) is 5.30. The van der Waals surface area contributed by atoms with Crippen LogP contribution < -0.4 is 0 Å². The Labute approximate surface area is 129 Å². The molecule has 2 rings (SSSR count). The highest BCUT2D eigenvalue weighted by atomic mass is 79.9. The molecule has 0 amide bonds. The van der Waals surface area contributed by atoms with Gasteiger partial charge in [0.2, 0.25) is 0 Å². The lowest BCUT2D eigenvalue weighted by Crippen LogP contribution is -2.32. The minimum Gasteiger partial charge on any atom is -0.392 e. The summed E-state index contributed by atoms with van der Waals surface area (Å²) in [6, 6.07) is 4.60. The second-order valence-corrected chi connectivity index (χ2v) is 6.58. The molecule has 1 N–H and O–H groups in total. The van der Waals surface area contributed by atoms with E-state index in [2.05, 4.69) is 15.9 Å². The van der Waals surface area contributed by atoms with Gasteiger partial charge in [-0.2, -0.15) is 13.2 Å². The zero-order chi connectivity index (χ0) is 15.6. The number of alkyl halides is 3. The molecule has 1 atom stereocenters. The molecule has 1 aromatic rings. The number of hydrogen-bond donors (Lipinski definition) is 1. The first-order chi connectivity index (χ1) is 9.77. The van der Waals surface area contributed by atoms with Crippen molar-refractivity contribution in [1.29, 1.82) is 0 Å². The van der Waals surface area contributed by atoms with Gasteiger partial charge in [-0.15, -0.1) is 0 Å². The van der Waals surface area contributed by atoms with E-state index in [0.29, 0.717) is 22.9 Å². The minimum atomic E-state index is -4.15. The average Bonchev–Trinajstić information content (AvgIpc) is 2.41. The molecule has 1 saturated carbocycles. The van der Waals surface area contributed by atoms with Crippen LogP contribution in [-0.4, -0.2) is 17.4 Å². The van der Waals surface area contributed by atoms with Crippen LogP contribution >= 0.6 is 15.9 Å². The predicted octanol–water partition coefficient (Wildman–Crippen LogP) is 4.86. The van der Waals surface area contributed by atoms with Gasteiger partial charge in [-0.1, -0.05) is 22.0 Å². The molecule has 0 aromatic heterocycles. The van der Waals surface area contributed by atoms with Crippen molar-refractivity contribution in [3.8, 4) is 0 Å². The Balaban J connectivity index is 1.92. The van der Waals surface area contributed by atoms with Crippen LogP contribution in [0.1, 0.15) is 31.2 Å². The molecule has 0 spiro atoms. The number of benzene rings is 1. The molecule has 6 heteroatoms. The molecular weight excluding hydrogens is 352 g/mol. The Hall–Kier alpha value is -0.620. The summed E-state index contributed by atoms with van der Waals surface area (Å²) in [6.45, 7) is 0. The van der Waals surface area contributed by atoms with E-state index in [4.69, 9.17) is 0 Å². The summed E-state index contributed by atoms with van der Waals surface area (Å²) in [4.78, 5) is 0. The summed E-state index contributed by atoms with van der Waals surface area (Å²) in [5, 5.41) is 10.2. The van der Waals surface area contributed by atoms with E-state index in [1.54, 1.807) is 12.1 Å². The molecule has 21 heavy (non-hydrogen) atoms. The molecule has 1 aliphatic rings. The van der Waals surface area contributed by atoms with Gasteiger partial charge in [0.25, 0.3) is 0 Å². The van der Waals surface area contributed by atoms with Gasteiger partial charge >= 0.3 is 6.18 Å². The van der Waals surface area contributed by atoms with Crippen LogP contribution in [0.2, 0.25) is 0 Å². The zero-order valence-corrected chi connectivity index (χ0v) is 12.9. The molecule has 1 aromatic carbocycles. The molecule has 0 bridgehead atoms. The van der Waals surface area contributed by atoms with Gasteiger partial charge in [0.15, 0.2) is 0 Å². The molecule has 1 fully saturated rings. The summed E-state index contributed by atoms with van der Waals surface area (Å²) < 4.78 is 52.1. The van der Waals surface area contributed by atoms with Crippen LogP contribution in [0.5, 0.6) is 0 Å². The normalized spacial score (nSPS) is 24.9. The molecular formula is C15H17BrF4O. The van der Waals surface area contributed by atoms with Gasteiger partial charge in [0, 0.05) is 10.9 Å². The molecule has 118 valence electrons. The summed E-state index contributed by atoms with van der Waals surface area (Å²) in [7, 11) is 0. The highest BCUT2D eigenvalue weighted by Crippen LogP contribution is 2.40. The van der Waals surface area contributed by atoms with Crippen molar-refractivity contribution in [1.82, 2.24) is 0 Å². The maximum Gasteiger partial charge on any atom is 0.391 e. The van der Waals surface area contributed by atoms with Crippen molar-refractivity contribution in [3.05, 3.63) is 34.1 Å². The van der Waals surface area contributed by atoms with Crippen molar-refractivity contribution >= 4 is 15.9 Å². The van der Waals surface area contributed by atoms with Crippen molar-refractivity contribution in [2.24, 2.45) is 11.8 Å². The monoisotopic (exact) mass is 368 g/mol. The van der Waals surface area contributed by atoms with Crippen molar-refractivity contribution < 1.29 is 22.7 Å². The van der Waals surface area contributed by atoms with Crippen LogP contribution in [-0.2, 0) is 6.42 Å². The molecule has 1 aliphatic carbocycles. The lowest BCUT2D eigenvalue weighted by Gasteiger charge is -2.32. The average molecular weight is 369 g/mol. The zero-order valence-electron chi connectivity index (χ0n) is 11.3.